The number of para-hydroxylation sites is 1. The third-order valence-electron chi connectivity index (χ3n) is 3.59. The van der Waals surface area contributed by atoms with Crippen LogP contribution in [0.1, 0.15) is 16.9 Å². The largest absolute Gasteiger partial charge is 0.479 e. The number of aromatic nitrogens is 3. The molecule has 1 atom stereocenters. The van der Waals surface area contributed by atoms with Gasteiger partial charge in [-0.25, -0.2) is 9.18 Å². The standard InChI is InChI=1S/C14H13FN4O3/c15-14(13(21)22)6-7-18(9-14)12(20)11-8-16-19(17-11)10-4-2-1-3-5-10/h1-5,8H,6-7,9H2,(H,21,22). The zero-order valence-corrected chi connectivity index (χ0v) is 11.5. The average Bonchev–Trinajstić information content (AvgIpc) is 3.15. The van der Waals surface area contributed by atoms with E-state index in [4.69, 9.17) is 5.11 Å². The van der Waals surface area contributed by atoms with Gasteiger partial charge in [-0.2, -0.15) is 9.90 Å². The number of carboxylic acids is 1. The van der Waals surface area contributed by atoms with E-state index < -0.39 is 24.1 Å². The maximum absolute atomic E-state index is 14.0. The van der Waals surface area contributed by atoms with Gasteiger partial charge in [-0.3, -0.25) is 4.79 Å². The van der Waals surface area contributed by atoms with E-state index in [2.05, 4.69) is 10.2 Å². The summed E-state index contributed by atoms with van der Waals surface area (Å²) < 4.78 is 14.0. The maximum atomic E-state index is 14.0. The number of hydrogen-bond donors (Lipinski definition) is 1. The summed E-state index contributed by atoms with van der Waals surface area (Å²) in [6.07, 6.45) is 1.06. The highest BCUT2D eigenvalue weighted by molar-refractivity contribution is 5.93. The highest BCUT2D eigenvalue weighted by Gasteiger charge is 2.47. The van der Waals surface area contributed by atoms with Crippen LogP contribution in [0.25, 0.3) is 5.69 Å². The third-order valence-corrected chi connectivity index (χ3v) is 3.59. The molecule has 0 radical (unpaired) electrons. The molecule has 2 heterocycles. The minimum Gasteiger partial charge on any atom is -0.479 e. The Hall–Kier alpha value is -2.77. The Labute approximate surface area is 125 Å². The Bertz CT molecular complexity index is 718. The summed E-state index contributed by atoms with van der Waals surface area (Å²) in [4.78, 5) is 25.6. The molecule has 0 aliphatic carbocycles. The predicted molar refractivity (Wildman–Crippen MR) is 73.4 cm³/mol. The molecule has 0 bridgehead atoms. The number of benzene rings is 1. The zero-order valence-electron chi connectivity index (χ0n) is 11.5. The van der Waals surface area contributed by atoms with E-state index >= 15 is 0 Å². The Morgan fingerprint density at radius 1 is 1.27 bits per heavy atom. The quantitative estimate of drug-likeness (QED) is 0.910. The molecule has 22 heavy (non-hydrogen) atoms. The monoisotopic (exact) mass is 304 g/mol. The van der Waals surface area contributed by atoms with Crippen LogP contribution >= 0.6 is 0 Å². The van der Waals surface area contributed by atoms with Crippen LogP contribution in [-0.2, 0) is 4.79 Å². The fourth-order valence-corrected chi connectivity index (χ4v) is 2.33. The van der Waals surface area contributed by atoms with Gasteiger partial charge in [-0.15, -0.1) is 5.10 Å². The first-order chi connectivity index (χ1) is 10.5. The summed E-state index contributed by atoms with van der Waals surface area (Å²) in [5.74, 6) is -2.07. The molecule has 1 fully saturated rings. The number of halogens is 1. The minimum atomic E-state index is -2.38. The smallest absolute Gasteiger partial charge is 0.343 e. The van der Waals surface area contributed by atoms with Crippen LogP contribution < -0.4 is 0 Å². The molecule has 2 aromatic rings. The first-order valence-corrected chi connectivity index (χ1v) is 6.69. The molecule has 1 amide bonds. The number of alkyl halides is 1. The normalized spacial score (nSPS) is 21.0. The van der Waals surface area contributed by atoms with Crippen molar-refractivity contribution in [1.82, 2.24) is 19.9 Å². The first kappa shape index (κ1) is 14.2. The lowest BCUT2D eigenvalue weighted by atomic mass is 10.1. The van der Waals surface area contributed by atoms with Crippen molar-refractivity contribution in [1.29, 1.82) is 0 Å². The summed E-state index contributed by atoms with van der Waals surface area (Å²) in [6, 6.07) is 9.02. The van der Waals surface area contributed by atoms with Crippen LogP contribution in [0.2, 0.25) is 0 Å². The lowest BCUT2D eigenvalue weighted by Crippen LogP contribution is -2.39. The van der Waals surface area contributed by atoms with E-state index in [0.717, 1.165) is 4.90 Å². The number of carbonyl (C=O) groups is 2. The summed E-state index contributed by atoms with van der Waals surface area (Å²) in [5.41, 5.74) is -1.64. The number of carbonyl (C=O) groups excluding carboxylic acids is 1. The van der Waals surface area contributed by atoms with Gasteiger partial charge in [-0.1, -0.05) is 18.2 Å². The van der Waals surface area contributed by atoms with Crippen LogP contribution in [0.3, 0.4) is 0 Å². The van der Waals surface area contributed by atoms with Gasteiger partial charge in [0.05, 0.1) is 18.4 Å². The van der Waals surface area contributed by atoms with Gasteiger partial charge < -0.3 is 10.0 Å². The molecular formula is C14H13FN4O3. The number of aliphatic carboxylic acids is 1. The highest BCUT2D eigenvalue weighted by Crippen LogP contribution is 2.26. The second-order valence-corrected chi connectivity index (χ2v) is 5.10. The Morgan fingerprint density at radius 2 is 2.00 bits per heavy atom. The van der Waals surface area contributed by atoms with Crippen LogP contribution in [0.5, 0.6) is 0 Å². The lowest BCUT2D eigenvalue weighted by molar-refractivity contribution is -0.149. The molecule has 0 saturated carbocycles. The molecule has 3 rings (SSSR count). The van der Waals surface area contributed by atoms with Crippen molar-refractivity contribution in [2.24, 2.45) is 0 Å². The van der Waals surface area contributed by atoms with Crippen LogP contribution in [0, 0.1) is 0 Å². The molecule has 7 nitrogen and oxygen atoms in total. The Kier molecular flexibility index (Phi) is 3.36. The van der Waals surface area contributed by atoms with E-state index in [1.807, 2.05) is 18.2 Å². The topological polar surface area (TPSA) is 88.3 Å². The molecular weight excluding hydrogens is 291 g/mol. The SMILES string of the molecule is O=C(c1cnn(-c2ccccc2)n1)N1CCC(F)(C(=O)O)C1. The number of likely N-dealkylation sites (tertiary alicyclic amines) is 1. The summed E-state index contributed by atoms with van der Waals surface area (Å²) >= 11 is 0. The first-order valence-electron chi connectivity index (χ1n) is 6.69. The second kappa shape index (κ2) is 5.21. The minimum absolute atomic E-state index is 0.0415. The van der Waals surface area contributed by atoms with Crippen molar-refractivity contribution in [2.75, 3.05) is 13.1 Å². The molecule has 1 saturated heterocycles. The van der Waals surface area contributed by atoms with Gasteiger partial charge in [0, 0.05) is 13.0 Å². The summed E-state index contributed by atoms with van der Waals surface area (Å²) in [6.45, 7) is -0.431. The van der Waals surface area contributed by atoms with Crippen molar-refractivity contribution >= 4 is 11.9 Å². The Morgan fingerprint density at radius 3 is 2.64 bits per heavy atom. The van der Waals surface area contributed by atoms with Crippen molar-refractivity contribution in [3.63, 3.8) is 0 Å². The van der Waals surface area contributed by atoms with Gasteiger partial charge in [0.15, 0.2) is 5.69 Å². The third kappa shape index (κ3) is 2.43. The fourth-order valence-electron chi connectivity index (χ4n) is 2.33. The predicted octanol–water partition coefficient (Wildman–Crippen LogP) is 0.906. The van der Waals surface area contributed by atoms with E-state index in [-0.39, 0.29) is 18.7 Å². The van der Waals surface area contributed by atoms with Gasteiger partial charge in [-0.05, 0) is 12.1 Å². The summed E-state index contributed by atoms with van der Waals surface area (Å²) in [5, 5.41) is 16.9. The van der Waals surface area contributed by atoms with Gasteiger partial charge in [0.1, 0.15) is 0 Å². The highest BCUT2D eigenvalue weighted by atomic mass is 19.1. The summed E-state index contributed by atoms with van der Waals surface area (Å²) in [7, 11) is 0. The van der Waals surface area contributed by atoms with E-state index in [1.165, 1.54) is 11.0 Å². The number of rotatable bonds is 3. The van der Waals surface area contributed by atoms with Gasteiger partial charge in [0.2, 0.25) is 5.67 Å². The Balaban J connectivity index is 1.77. The maximum Gasteiger partial charge on any atom is 0.343 e. The van der Waals surface area contributed by atoms with Crippen molar-refractivity contribution in [3.05, 3.63) is 42.2 Å². The van der Waals surface area contributed by atoms with Crippen molar-refractivity contribution < 1.29 is 19.1 Å². The molecule has 0 spiro atoms. The molecule has 1 aromatic carbocycles. The van der Waals surface area contributed by atoms with Crippen molar-refractivity contribution in [2.45, 2.75) is 12.1 Å². The van der Waals surface area contributed by atoms with Crippen LogP contribution in [-0.4, -0.2) is 55.6 Å². The van der Waals surface area contributed by atoms with Gasteiger partial charge >= 0.3 is 5.97 Å². The fraction of sp³-hybridized carbons (Fsp3) is 0.286. The van der Waals surface area contributed by atoms with E-state index in [9.17, 15) is 14.0 Å². The molecule has 1 aliphatic rings. The van der Waals surface area contributed by atoms with Gasteiger partial charge in [0.25, 0.3) is 5.91 Å². The number of carboxylic acid groups (broad SMARTS) is 1. The van der Waals surface area contributed by atoms with Crippen LogP contribution in [0.4, 0.5) is 4.39 Å². The van der Waals surface area contributed by atoms with Crippen LogP contribution in [0.15, 0.2) is 36.5 Å². The average molecular weight is 304 g/mol. The van der Waals surface area contributed by atoms with E-state index in [0.29, 0.717) is 5.69 Å². The molecule has 8 heteroatoms. The second-order valence-electron chi connectivity index (χ2n) is 5.10. The number of nitrogens with zero attached hydrogens (tertiary/aromatic N) is 4. The van der Waals surface area contributed by atoms with Crippen molar-refractivity contribution in [3.8, 4) is 5.69 Å². The zero-order chi connectivity index (χ0) is 15.7. The molecule has 1 unspecified atom stereocenters. The molecule has 114 valence electrons. The molecule has 1 N–H and O–H groups in total. The number of amides is 1. The lowest BCUT2D eigenvalue weighted by Gasteiger charge is -2.16. The molecule has 1 aliphatic heterocycles. The van der Waals surface area contributed by atoms with E-state index in [1.54, 1.807) is 12.1 Å². The number of hydrogen-bond acceptors (Lipinski definition) is 4. The molecule has 1 aromatic heterocycles.